The van der Waals surface area contributed by atoms with Crippen LogP contribution in [0.15, 0.2) is 18.2 Å². The van der Waals surface area contributed by atoms with Crippen LogP contribution in [0.5, 0.6) is 0 Å². The van der Waals surface area contributed by atoms with E-state index < -0.39 is 5.82 Å². The zero-order valence-electron chi connectivity index (χ0n) is 17.9. The fourth-order valence-electron chi connectivity index (χ4n) is 4.26. The molecule has 2 aliphatic heterocycles. The van der Waals surface area contributed by atoms with Crippen LogP contribution in [0.2, 0.25) is 0 Å². The van der Waals surface area contributed by atoms with Crippen LogP contribution >= 0.6 is 15.9 Å². The molecule has 2 aromatic rings. The van der Waals surface area contributed by atoms with E-state index in [-0.39, 0.29) is 16.6 Å². The molecule has 3 heterocycles. The van der Waals surface area contributed by atoms with Crippen molar-refractivity contribution in [1.82, 2.24) is 14.8 Å². The van der Waals surface area contributed by atoms with Crippen LogP contribution in [0.4, 0.5) is 10.1 Å². The largest absolute Gasteiger partial charge is 0.357 e. The number of rotatable bonds is 6. The second-order valence-corrected chi connectivity index (χ2v) is 9.01. The number of nitrogens with one attached hydrogen (secondary N) is 2. The smallest absolute Gasteiger partial charge is 0.256 e. The molecule has 1 unspecified atom stereocenters. The maximum atomic E-state index is 13.8. The molecule has 4 rings (SSSR count). The molecule has 31 heavy (non-hydrogen) atoms. The minimum Gasteiger partial charge on any atom is -0.357 e. The van der Waals surface area contributed by atoms with E-state index in [1.54, 1.807) is 12.1 Å². The Hall–Kier alpha value is -2.45. The van der Waals surface area contributed by atoms with Crippen molar-refractivity contribution in [2.75, 3.05) is 38.0 Å². The molecule has 0 spiro atoms. The molecule has 0 radical (unpaired) electrons. The van der Waals surface area contributed by atoms with Gasteiger partial charge in [0.05, 0.1) is 16.0 Å². The van der Waals surface area contributed by atoms with Gasteiger partial charge in [-0.25, -0.2) is 4.39 Å². The van der Waals surface area contributed by atoms with Gasteiger partial charge in [-0.3, -0.25) is 9.59 Å². The summed E-state index contributed by atoms with van der Waals surface area (Å²) in [5.41, 5.74) is 4.46. The maximum Gasteiger partial charge on any atom is 0.256 e. The Morgan fingerprint density at radius 3 is 2.74 bits per heavy atom. The minimum atomic E-state index is -0.400. The molecule has 0 saturated carbocycles. The van der Waals surface area contributed by atoms with Gasteiger partial charge in [-0.15, -0.1) is 0 Å². The molecule has 2 amide bonds. The number of hydrogen-bond acceptors (Lipinski definition) is 3. The van der Waals surface area contributed by atoms with Crippen LogP contribution < -0.4 is 5.32 Å². The first kappa shape index (κ1) is 21.8. The predicted molar refractivity (Wildman–Crippen MR) is 124 cm³/mol. The lowest BCUT2D eigenvalue weighted by molar-refractivity contribution is -0.110. The highest BCUT2D eigenvalue weighted by Gasteiger charge is 2.34. The van der Waals surface area contributed by atoms with Gasteiger partial charge in [-0.05, 0) is 49.9 Å². The van der Waals surface area contributed by atoms with Gasteiger partial charge in [0.2, 0.25) is 0 Å². The number of aromatic nitrogens is 1. The summed E-state index contributed by atoms with van der Waals surface area (Å²) in [7, 11) is 0. The van der Waals surface area contributed by atoms with Crippen LogP contribution in [0.25, 0.3) is 11.6 Å². The molecule has 8 heteroatoms. The van der Waals surface area contributed by atoms with Crippen molar-refractivity contribution in [2.45, 2.75) is 25.6 Å². The van der Waals surface area contributed by atoms with Crippen molar-refractivity contribution in [1.29, 1.82) is 0 Å². The van der Waals surface area contributed by atoms with Gasteiger partial charge in [-0.2, -0.15) is 0 Å². The molecule has 0 bridgehead atoms. The number of nitrogens with zero attached hydrogens (tertiary/aromatic N) is 2. The molecule has 1 atom stereocenters. The molecular weight excluding hydrogens is 463 g/mol. The number of benzene rings is 1. The number of amides is 2. The van der Waals surface area contributed by atoms with Gasteiger partial charge >= 0.3 is 0 Å². The van der Waals surface area contributed by atoms with Crippen LogP contribution in [0.1, 0.15) is 51.5 Å². The lowest BCUT2D eigenvalue weighted by atomic mass is 10.0. The number of alkyl halides is 1. The highest BCUT2D eigenvalue weighted by atomic mass is 79.9. The third-order valence-electron chi connectivity index (χ3n) is 6.15. The average Bonchev–Trinajstić information content (AvgIpc) is 3.24. The van der Waals surface area contributed by atoms with Gasteiger partial charge < -0.3 is 20.1 Å². The predicted octanol–water partition coefficient (Wildman–Crippen LogP) is 4.19. The Bertz CT molecular complexity index is 1070. The number of anilines is 1. The van der Waals surface area contributed by atoms with E-state index in [1.807, 2.05) is 11.8 Å². The third-order valence-corrected chi connectivity index (χ3v) is 6.89. The highest BCUT2D eigenvalue weighted by molar-refractivity contribution is 9.09. The van der Waals surface area contributed by atoms with Crippen molar-refractivity contribution in [3.8, 4) is 0 Å². The first-order chi connectivity index (χ1) is 14.8. The minimum absolute atomic E-state index is 0.00132. The summed E-state index contributed by atoms with van der Waals surface area (Å²) >= 11 is 3.72. The third kappa shape index (κ3) is 3.94. The SMILES string of the molecule is CCN(CC)CCN1CC(Br)c2[nH]c(/C=C3\C(=O)Nc4ccc(F)cc43)c(C)c2C1=O. The fraction of sp³-hybridized carbons (Fsp3) is 0.391. The van der Waals surface area contributed by atoms with Gasteiger partial charge in [-0.1, -0.05) is 29.8 Å². The average molecular weight is 489 g/mol. The molecule has 2 N–H and O–H groups in total. The van der Waals surface area contributed by atoms with Crippen LogP contribution in [0.3, 0.4) is 0 Å². The lowest BCUT2D eigenvalue weighted by Gasteiger charge is -2.32. The number of carbonyl (C=O) groups is 2. The van der Waals surface area contributed by atoms with Crippen molar-refractivity contribution < 1.29 is 14.0 Å². The number of hydrogen-bond donors (Lipinski definition) is 2. The Balaban J connectivity index is 1.66. The van der Waals surface area contributed by atoms with E-state index in [9.17, 15) is 14.0 Å². The Morgan fingerprint density at radius 1 is 1.29 bits per heavy atom. The Kier molecular flexibility index (Phi) is 6.03. The Morgan fingerprint density at radius 2 is 2.03 bits per heavy atom. The molecule has 0 saturated heterocycles. The van der Waals surface area contributed by atoms with E-state index >= 15 is 0 Å². The van der Waals surface area contributed by atoms with E-state index in [2.05, 4.69) is 45.0 Å². The van der Waals surface area contributed by atoms with E-state index in [1.165, 1.54) is 12.1 Å². The van der Waals surface area contributed by atoms with Gasteiger partial charge in [0.15, 0.2) is 0 Å². The number of likely N-dealkylation sites (N-methyl/N-ethyl adjacent to an activating group) is 1. The number of aromatic amines is 1. The topological polar surface area (TPSA) is 68.4 Å². The molecule has 1 aromatic heterocycles. The fourth-order valence-corrected chi connectivity index (χ4v) is 4.95. The summed E-state index contributed by atoms with van der Waals surface area (Å²) in [5.74, 6) is -0.683. The van der Waals surface area contributed by atoms with Crippen molar-refractivity contribution in [3.63, 3.8) is 0 Å². The quantitative estimate of drug-likeness (QED) is 0.473. The number of carbonyl (C=O) groups excluding carboxylic acids is 2. The van der Waals surface area contributed by atoms with Crippen molar-refractivity contribution in [3.05, 3.63) is 52.1 Å². The zero-order chi connectivity index (χ0) is 22.3. The molecule has 164 valence electrons. The standard InChI is InChI=1S/C23H26BrFN4O2/c1-4-28(5-2)8-9-29-12-17(24)21-20(23(29)31)13(3)19(26-21)11-16-15-10-14(25)6-7-18(15)27-22(16)30/h6-7,10-11,17,26H,4-5,8-9,12H2,1-3H3,(H,27,30)/b16-11-. The van der Waals surface area contributed by atoms with Gasteiger partial charge in [0.25, 0.3) is 11.8 Å². The van der Waals surface area contributed by atoms with Crippen LogP contribution in [-0.2, 0) is 4.79 Å². The number of halogens is 2. The first-order valence-electron chi connectivity index (χ1n) is 10.5. The molecule has 6 nitrogen and oxygen atoms in total. The summed E-state index contributed by atoms with van der Waals surface area (Å²) in [4.78, 5) is 33.2. The molecule has 2 aliphatic rings. The van der Waals surface area contributed by atoms with Crippen molar-refractivity contribution >= 4 is 45.1 Å². The van der Waals surface area contributed by atoms with Crippen LogP contribution in [-0.4, -0.2) is 59.3 Å². The monoisotopic (exact) mass is 488 g/mol. The highest BCUT2D eigenvalue weighted by Crippen LogP contribution is 2.38. The number of fused-ring (bicyclic) bond motifs is 2. The zero-order valence-corrected chi connectivity index (χ0v) is 19.5. The number of H-pyrrole nitrogens is 1. The molecule has 1 aromatic carbocycles. The van der Waals surface area contributed by atoms with Crippen LogP contribution in [0, 0.1) is 12.7 Å². The molecule has 0 fully saturated rings. The lowest BCUT2D eigenvalue weighted by Crippen LogP contribution is -2.43. The maximum absolute atomic E-state index is 13.8. The summed E-state index contributed by atoms with van der Waals surface area (Å²) in [6, 6.07) is 4.23. The first-order valence-corrected chi connectivity index (χ1v) is 11.5. The van der Waals surface area contributed by atoms with E-state index in [4.69, 9.17) is 0 Å². The Labute approximate surface area is 189 Å². The summed E-state index contributed by atoms with van der Waals surface area (Å²) in [6.07, 6.45) is 1.71. The van der Waals surface area contributed by atoms with Crippen molar-refractivity contribution in [2.24, 2.45) is 0 Å². The second kappa shape index (κ2) is 8.59. The van der Waals surface area contributed by atoms with E-state index in [0.717, 1.165) is 30.9 Å². The van der Waals surface area contributed by atoms with Gasteiger partial charge in [0.1, 0.15) is 5.82 Å². The second-order valence-electron chi connectivity index (χ2n) is 7.90. The van der Waals surface area contributed by atoms with E-state index in [0.29, 0.717) is 41.2 Å². The normalized spacial score (nSPS) is 19.2. The molecular formula is C23H26BrFN4O2. The van der Waals surface area contributed by atoms with Gasteiger partial charge in [0, 0.05) is 42.3 Å². The molecule has 0 aliphatic carbocycles. The summed E-state index contributed by atoms with van der Waals surface area (Å²) in [6.45, 7) is 10.1. The summed E-state index contributed by atoms with van der Waals surface area (Å²) < 4.78 is 13.8. The summed E-state index contributed by atoms with van der Waals surface area (Å²) in [5, 5.41) is 2.76.